The zero-order valence-electron chi connectivity index (χ0n) is 20.4. The van der Waals surface area contributed by atoms with E-state index in [0.29, 0.717) is 32.7 Å². The highest BCUT2D eigenvalue weighted by Crippen LogP contribution is 2.48. The molecule has 0 saturated heterocycles. The van der Waals surface area contributed by atoms with E-state index in [-0.39, 0.29) is 35.8 Å². The second-order valence-electron chi connectivity index (χ2n) is 7.99. The quantitative estimate of drug-likeness (QED) is 0.135. The lowest BCUT2D eigenvalue weighted by molar-refractivity contribution is -0.113. The first-order valence-corrected chi connectivity index (χ1v) is 12.1. The van der Waals surface area contributed by atoms with E-state index in [1.807, 2.05) is 48.5 Å². The van der Waals surface area contributed by atoms with Crippen molar-refractivity contribution >= 4 is 62.2 Å². The third kappa shape index (κ3) is 5.38. The maximum atomic E-state index is 13.0. The van der Waals surface area contributed by atoms with E-state index in [0.717, 1.165) is 0 Å². The van der Waals surface area contributed by atoms with Crippen LogP contribution in [0.5, 0.6) is 11.5 Å². The number of rotatable bonds is 10. The third-order valence-corrected chi connectivity index (χ3v) is 6.06. The summed E-state index contributed by atoms with van der Waals surface area (Å²) < 4.78 is 26.7. The fourth-order valence-corrected chi connectivity index (χ4v) is 4.40. The highest BCUT2D eigenvalue weighted by Gasteiger charge is 2.29. The summed E-state index contributed by atoms with van der Waals surface area (Å²) in [5.74, 6) is -1.15. The average Bonchev–Trinajstić information content (AvgIpc) is 2.94. The van der Waals surface area contributed by atoms with Gasteiger partial charge >= 0.3 is 11.9 Å². The number of fused-ring (bicyclic) bond motifs is 2. The number of halogens is 2. The Labute approximate surface area is 228 Å². The molecule has 0 aliphatic heterocycles. The van der Waals surface area contributed by atoms with E-state index in [4.69, 9.17) is 42.4 Å². The molecule has 0 saturated carbocycles. The van der Waals surface area contributed by atoms with Gasteiger partial charge in [0, 0.05) is 11.1 Å². The number of esters is 2. The molecular weight excluding hydrogens is 535 g/mol. The summed E-state index contributed by atoms with van der Waals surface area (Å²) >= 11 is 11.0. The smallest absolute Gasteiger partial charge is 0.341 e. The van der Waals surface area contributed by atoms with Crippen molar-refractivity contribution in [3.8, 4) is 22.6 Å². The van der Waals surface area contributed by atoms with Crippen LogP contribution in [0.1, 0.15) is 20.7 Å². The standard InChI is InChI=1S/C28H22Cl2O8/c1-34-27(32)20-13-16-7-3-5-9-18(16)23(25(20)36-11-12-38-30)24-19-10-6-4-8-17(19)14-21(28(33)35-2)26(24)37-15-22(29)31/h3-10,13-14H,11-12,15H2,1-2H3. The van der Waals surface area contributed by atoms with Gasteiger partial charge in [0.15, 0.2) is 6.61 Å². The molecule has 0 fully saturated rings. The normalized spacial score (nSPS) is 10.8. The molecule has 0 N–H and O–H groups in total. The van der Waals surface area contributed by atoms with Gasteiger partial charge in [-0.2, -0.15) is 0 Å². The summed E-state index contributed by atoms with van der Waals surface area (Å²) in [6.45, 7) is -0.521. The summed E-state index contributed by atoms with van der Waals surface area (Å²) in [6.07, 6.45) is 0. The topological polar surface area (TPSA) is 97.4 Å². The Morgan fingerprint density at radius 1 is 0.711 bits per heavy atom. The van der Waals surface area contributed by atoms with Crippen molar-refractivity contribution in [1.82, 2.24) is 0 Å². The molecule has 4 aromatic carbocycles. The van der Waals surface area contributed by atoms with E-state index in [9.17, 15) is 14.4 Å². The molecule has 0 bridgehead atoms. The summed E-state index contributed by atoms with van der Waals surface area (Å²) in [5.41, 5.74) is 1.01. The summed E-state index contributed by atoms with van der Waals surface area (Å²) in [7, 11) is 2.50. The molecule has 0 aliphatic carbocycles. The van der Waals surface area contributed by atoms with Crippen molar-refractivity contribution in [3.05, 3.63) is 71.8 Å². The van der Waals surface area contributed by atoms with Crippen LogP contribution in [0, 0.1) is 0 Å². The monoisotopic (exact) mass is 556 g/mol. The number of carbonyl (C=O) groups excluding carboxylic acids is 3. The van der Waals surface area contributed by atoms with Crippen LogP contribution in [0.3, 0.4) is 0 Å². The molecule has 0 spiro atoms. The van der Waals surface area contributed by atoms with Crippen molar-refractivity contribution in [3.63, 3.8) is 0 Å². The van der Waals surface area contributed by atoms with Crippen molar-refractivity contribution in [2.75, 3.05) is 34.0 Å². The Kier molecular flexibility index (Phi) is 8.68. The predicted octanol–water partition coefficient (Wildman–Crippen LogP) is 5.93. The molecule has 4 rings (SSSR count). The first kappa shape index (κ1) is 27.2. The second-order valence-corrected chi connectivity index (χ2v) is 8.63. The van der Waals surface area contributed by atoms with Crippen molar-refractivity contribution in [2.45, 2.75) is 0 Å². The van der Waals surface area contributed by atoms with E-state index >= 15 is 0 Å². The van der Waals surface area contributed by atoms with Crippen LogP contribution in [0.4, 0.5) is 0 Å². The Morgan fingerprint density at radius 2 is 1.18 bits per heavy atom. The Balaban J connectivity index is 2.23. The molecule has 196 valence electrons. The van der Waals surface area contributed by atoms with Gasteiger partial charge in [-0.15, -0.1) is 0 Å². The van der Waals surface area contributed by atoms with Crippen molar-refractivity contribution in [2.24, 2.45) is 0 Å². The van der Waals surface area contributed by atoms with Crippen LogP contribution in [-0.4, -0.2) is 51.2 Å². The SMILES string of the molecule is COC(=O)c1cc2ccccc2c(-c2c(OCC(=O)Cl)c(C(=O)OC)cc3ccccc23)c1OCCOCl. The van der Waals surface area contributed by atoms with E-state index in [1.54, 1.807) is 12.1 Å². The van der Waals surface area contributed by atoms with Gasteiger partial charge in [-0.25, -0.2) is 9.59 Å². The lowest BCUT2D eigenvalue weighted by Crippen LogP contribution is -2.13. The molecule has 0 radical (unpaired) electrons. The zero-order valence-corrected chi connectivity index (χ0v) is 21.9. The highest BCUT2D eigenvalue weighted by atomic mass is 35.5. The fraction of sp³-hybridized carbons (Fsp3) is 0.179. The van der Waals surface area contributed by atoms with E-state index < -0.39 is 23.8 Å². The van der Waals surface area contributed by atoms with Crippen LogP contribution >= 0.6 is 23.5 Å². The fourth-order valence-electron chi connectivity index (χ4n) is 4.28. The molecule has 0 unspecified atom stereocenters. The maximum absolute atomic E-state index is 13.0. The summed E-state index contributed by atoms with van der Waals surface area (Å²) in [5, 5.41) is 1.92. The minimum absolute atomic E-state index is 0.0101. The predicted molar refractivity (Wildman–Crippen MR) is 143 cm³/mol. The molecule has 0 aromatic heterocycles. The van der Waals surface area contributed by atoms with Gasteiger partial charge < -0.3 is 18.9 Å². The zero-order chi connectivity index (χ0) is 27.2. The van der Waals surface area contributed by atoms with Gasteiger partial charge in [-0.1, -0.05) is 48.5 Å². The van der Waals surface area contributed by atoms with Crippen LogP contribution < -0.4 is 9.47 Å². The molecule has 10 heteroatoms. The highest BCUT2D eigenvalue weighted by molar-refractivity contribution is 6.63. The van der Waals surface area contributed by atoms with Gasteiger partial charge in [0.1, 0.15) is 35.8 Å². The molecular formula is C28H22Cl2O8. The van der Waals surface area contributed by atoms with Crippen LogP contribution in [0.2, 0.25) is 0 Å². The minimum atomic E-state index is -0.774. The van der Waals surface area contributed by atoms with Gasteiger partial charge in [-0.3, -0.25) is 9.08 Å². The van der Waals surface area contributed by atoms with Crippen molar-refractivity contribution in [1.29, 1.82) is 0 Å². The van der Waals surface area contributed by atoms with Crippen LogP contribution in [-0.2, 0) is 18.6 Å². The van der Waals surface area contributed by atoms with Crippen LogP contribution in [0.15, 0.2) is 60.7 Å². The number of carbonyl (C=O) groups is 3. The third-order valence-electron chi connectivity index (χ3n) is 5.80. The average molecular weight is 557 g/mol. The summed E-state index contributed by atoms with van der Waals surface area (Å²) in [6, 6.07) is 17.8. The van der Waals surface area contributed by atoms with Crippen LogP contribution in [0.25, 0.3) is 32.7 Å². The number of methoxy groups -OCH3 is 2. The second kappa shape index (κ2) is 12.1. The Morgan fingerprint density at radius 3 is 1.63 bits per heavy atom. The Bertz CT molecular complexity index is 1530. The number of hydrogen-bond acceptors (Lipinski definition) is 8. The Hall–Kier alpha value is -3.85. The number of ether oxygens (including phenoxy) is 4. The number of benzene rings is 4. The van der Waals surface area contributed by atoms with Gasteiger partial charge in [0.25, 0.3) is 5.24 Å². The van der Waals surface area contributed by atoms with E-state index in [1.165, 1.54) is 14.2 Å². The minimum Gasteiger partial charge on any atom is -0.490 e. The molecule has 0 atom stereocenters. The lowest BCUT2D eigenvalue weighted by Gasteiger charge is -2.22. The number of hydrogen-bond donors (Lipinski definition) is 0. The van der Waals surface area contributed by atoms with Crippen molar-refractivity contribution < 1.29 is 37.6 Å². The molecule has 8 nitrogen and oxygen atoms in total. The largest absolute Gasteiger partial charge is 0.490 e. The first-order chi connectivity index (χ1) is 18.4. The summed E-state index contributed by atoms with van der Waals surface area (Å²) in [4.78, 5) is 37.6. The molecule has 0 heterocycles. The van der Waals surface area contributed by atoms with E-state index in [2.05, 4.69) is 4.29 Å². The molecule has 38 heavy (non-hydrogen) atoms. The first-order valence-electron chi connectivity index (χ1n) is 11.4. The molecule has 0 aliphatic rings. The van der Waals surface area contributed by atoms with Gasteiger partial charge in [-0.05, 0) is 45.3 Å². The molecule has 0 amide bonds. The maximum Gasteiger partial charge on any atom is 0.341 e. The van der Waals surface area contributed by atoms with Gasteiger partial charge in [0.05, 0.1) is 26.1 Å². The van der Waals surface area contributed by atoms with Gasteiger partial charge in [0.2, 0.25) is 0 Å². The lowest BCUT2D eigenvalue weighted by atomic mass is 9.88. The molecule has 4 aromatic rings.